The van der Waals surface area contributed by atoms with Crippen LogP contribution >= 0.6 is 23.2 Å². The van der Waals surface area contributed by atoms with Crippen molar-refractivity contribution in [3.8, 4) is 0 Å². The van der Waals surface area contributed by atoms with E-state index in [9.17, 15) is 4.79 Å². The quantitative estimate of drug-likeness (QED) is 0.844. The Morgan fingerprint density at radius 1 is 1.47 bits per heavy atom. The van der Waals surface area contributed by atoms with Crippen molar-refractivity contribution in [1.29, 1.82) is 0 Å². The molecule has 1 saturated heterocycles. The summed E-state index contributed by atoms with van der Waals surface area (Å²) in [5.74, 6) is 0.469. The number of anilines is 1. The lowest BCUT2D eigenvalue weighted by atomic mass is 10.1. The molecule has 2 heterocycles. The number of nitrogens with zero attached hydrogens (tertiary/aromatic N) is 1. The lowest BCUT2D eigenvalue weighted by Crippen LogP contribution is -2.38. The number of hydrogen-bond acceptors (Lipinski definition) is 3. The lowest BCUT2D eigenvalue weighted by molar-refractivity contribution is -0.121. The molecule has 1 aromatic rings. The number of halogens is 2. The van der Waals surface area contributed by atoms with E-state index in [2.05, 4.69) is 15.6 Å². The van der Waals surface area contributed by atoms with Crippen molar-refractivity contribution >= 4 is 34.9 Å². The summed E-state index contributed by atoms with van der Waals surface area (Å²) >= 11 is 12.3. The minimum absolute atomic E-state index is 0.00828. The zero-order chi connectivity index (χ0) is 13.8. The first-order valence-electron chi connectivity index (χ1n) is 6.51. The molecule has 0 aliphatic carbocycles. The first-order chi connectivity index (χ1) is 9.11. The van der Waals surface area contributed by atoms with Crippen molar-refractivity contribution in [2.24, 2.45) is 0 Å². The van der Waals surface area contributed by atoms with E-state index in [-0.39, 0.29) is 11.9 Å². The zero-order valence-electron chi connectivity index (χ0n) is 10.8. The van der Waals surface area contributed by atoms with Gasteiger partial charge in [-0.05, 0) is 37.3 Å². The molecule has 1 atom stereocenters. The van der Waals surface area contributed by atoms with Crippen molar-refractivity contribution in [1.82, 2.24) is 10.3 Å². The van der Waals surface area contributed by atoms with Gasteiger partial charge >= 0.3 is 0 Å². The van der Waals surface area contributed by atoms with Crippen LogP contribution in [0.2, 0.25) is 10.2 Å². The average Bonchev–Trinajstić information content (AvgIpc) is 2.59. The topological polar surface area (TPSA) is 54.0 Å². The number of pyridine rings is 1. The number of carbonyl (C=O) groups excluding carboxylic acids is 1. The largest absolute Gasteiger partial charge is 0.357 e. The molecule has 0 radical (unpaired) electrons. The van der Waals surface area contributed by atoms with E-state index in [1.807, 2.05) is 6.92 Å². The molecule has 1 aromatic heterocycles. The highest BCUT2D eigenvalue weighted by Crippen LogP contribution is 2.27. The van der Waals surface area contributed by atoms with Gasteiger partial charge in [-0.1, -0.05) is 30.1 Å². The highest BCUT2D eigenvalue weighted by Gasteiger charge is 2.22. The van der Waals surface area contributed by atoms with Crippen LogP contribution in [0.1, 0.15) is 31.7 Å². The SMILES string of the molecule is CCc1cc(Cl)c(NC2CCCCNC2=O)nc1Cl. The first kappa shape index (κ1) is 14.4. The highest BCUT2D eigenvalue weighted by atomic mass is 35.5. The van der Waals surface area contributed by atoms with Gasteiger partial charge in [-0.15, -0.1) is 0 Å². The number of aromatic nitrogens is 1. The fourth-order valence-electron chi connectivity index (χ4n) is 2.10. The van der Waals surface area contributed by atoms with Crippen molar-refractivity contribution in [3.05, 3.63) is 21.8 Å². The van der Waals surface area contributed by atoms with Gasteiger partial charge in [-0.25, -0.2) is 4.98 Å². The summed E-state index contributed by atoms with van der Waals surface area (Å²) in [4.78, 5) is 16.1. The zero-order valence-corrected chi connectivity index (χ0v) is 12.3. The second-order valence-electron chi connectivity index (χ2n) is 4.61. The fraction of sp³-hybridized carbons (Fsp3) is 0.538. The van der Waals surface area contributed by atoms with Crippen LogP contribution in [0.5, 0.6) is 0 Å². The number of rotatable bonds is 3. The van der Waals surface area contributed by atoms with Gasteiger partial charge in [-0.3, -0.25) is 4.79 Å². The van der Waals surface area contributed by atoms with Crippen LogP contribution in [0.15, 0.2) is 6.07 Å². The summed E-state index contributed by atoms with van der Waals surface area (Å²) in [5.41, 5.74) is 0.905. The number of carbonyl (C=O) groups is 1. The van der Waals surface area contributed by atoms with E-state index < -0.39 is 0 Å². The summed E-state index contributed by atoms with van der Waals surface area (Å²) in [7, 11) is 0. The second-order valence-corrected chi connectivity index (χ2v) is 5.37. The molecule has 0 spiro atoms. The van der Waals surface area contributed by atoms with Crippen LogP contribution < -0.4 is 10.6 Å². The van der Waals surface area contributed by atoms with Crippen molar-refractivity contribution < 1.29 is 4.79 Å². The van der Waals surface area contributed by atoms with Crippen LogP contribution in [0.3, 0.4) is 0 Å². The Hall–Kier alpha value is -1.00. The molecule has 2 rings (SSSR count). The molecule has 1 amide bonds. The van der Waals surface area contributed by atoms with Gasteiger partial charge < -0.3 is 10.6 Å². The Morgan fingerprint density at radius 3 is 3.00 bits per heavy atom. The molecule has 0 saturated carbocycles. The molecule has 1 aliphatic rings. The minimum atomic E-state index is -0.295. The van der Waals surface area contributed by atoms with Gasteiger partial charge in [0.25, 0.3) is 0 Å². The van der Waals surface area contributed by atoms with Gasteiger partial charge in [-0.2, -0.15) is 0 Å². The van der Waals surface area contributed by atoms with E-state index in [0.29, 0.717) is 16.0 Å². The normalized spacial score (nSPS) is 19.7. The molecule has 6 heteroatoms. The Balaban J connectivity index is 2.18. The maximum atomic E-state index is 11.9. The lowest BCUT2D eigenvalue weighted by Gasteiger charge is -2.17. The average molecular weight is 302 g/mol. The van der Waals surface area contributed by atoms with Gasteiger partial charge in [0.1, 0.15) is 17.0 Å². The third kappa shape index (κ3) is 3.51. The summed E-state index contributed by atoms with van der Waals surface area (Å²) in [5, 5.41) is 6.89. The van der Waals surface area contributed by atoms with E-state index in [1.54, 1.807) is 6.07 Å². The van der Waals surface area contributed by atoms with Crippen LogP contribution in [0.25, 0.3) is 0 Å². The molecule has 0 aromatic carbocycles. The number of hydrogen-bond donors (Lipinski definition) is 2. The smallest absolute Gasteiger partial charge is 0.242 e. The Bertz CT molecular complexity index is 479. The van der Waals surface area contributed by atoms with Gasteiger partial charge in [0.05, 0.1) is 5.02 Å². The maximum Gasteiger partial charge on any atom is 0.242 e. The summed E-state index contributed by atoms with van der Waals surface area (Å²) < 4.78 is 0. The van der Waals surface area contributed by atoms with E-state index in [4.69, 9.17) is 23.2 Å². The molecule has 1 aliphatic heterocycles. The predicted molar refractivity (Wildman–Crippen MR) is 77.9 cm³/mol. The van der Waals surface area contributed by atoms with Crippen LogP contribution in [0, 0.1) is 0 Å². The molecule has 1 unspecified atom stereocenters. The summed E-state index contributed by atoms with van der Waals surface area (Å²) in [6.07, 6.45) is 3.54. The summed E-state index contributed by atoms with van der Waals surface area (Å²) in [6.45, 7) is 2.72. The predicted octanol–water partition coefficient (Wildman–Crippen LogP) is 3.03. The van der Waals surface area contributed by atoms with Crippen molar-refractivity contribution in [3.63, 3.8) is 0 Å². The van der Waals surface area contributed by atoms with Crippen LogP contribution in [0.4, 0.5) is 5.82 Å². The highest BCUT2D eigenvalue weighted by molar-refractivity contribution is 6.34. The fourth-order valence-corrected chi connectivity index (χ4v) is 2.60. The van der Waals surface area contributed by atoms with Gasteiger partial charge in [0.15, 0.2) is 0 Å². The molecule has 19 heavy (non-hydrogen) atoms. The van der Waals surface area contributed by atoms with Crippen molar-refractivity contribution in [2.45, 2.75) is 38.6 Å². The van der Waals surface area contributed by atoms with Gasteiger partial charge in [0.2, 0.25) is 5.91 Å². The Morgan fingerprint density at radius 2 is 2.26 bits per heavy atom. The number of amides is 1. The number of aryl methyl sites for hydroxylation is 1. The molecule has 104 valence electrons. The third-order valence-corrected chi connectivity index (χ3v) is 3.84. The first-order valence-corrected chi connectivity index (χ1v) is 7.26. The number of nitrogens with one attached hydrogen (secondary N) is 2. The van der Waals surface area contributed by atoms with Crippen LogP contribution in [-0.2, 0) is 11.2 Å². The Labute approximate surface area is 122 Å². The maximum absolute atomic E-state index is 11.9. The monoisotopic (exact) mass is 301 g/mol. The molecular weight excluding hydrogens is 285 g/mol. The molecule has 2 N–H and O–H groups in total. The molecule has 0 bridgehead atoms. The molecular formula is C13H17Cl2N3O. The second kappa shape index (κ2) is 6.44. The Kier molecular flexibility index (Phi) is 4.88. The molecule has 4 nitrogen and oxygen atoms in total. The minimum Gasteiger partial charge on any atom is -0.357 e. The standard InChI is InChI=1S/C13H17Cl2N3O/c1-2-8-7-9(14)12(18-11(8)15)17-10-5-3-4-6-16-13(10)19/h7,10H,2-6H2,1H3,(H,16,19)(H,17,18). The van der Waals surface area contributed by atoms with Crippen LogP contribution in [-0.4, -0.2) is 23.5 Å². The third-order valence-electron chi connectivity index (χ3n) is 3.23. The molecule has 1 fully saturated rings. The van der Waals surface area contributed by atoms with E-state index in [0.717, 1.165) is 37.8 Å². The van der Waals surface area contributed by atoms with E-state index in [1.165, 1.54) is 0 Å². The van der Waals surface area contributed by atoms with Gasteiger partial charge in [0, 0.05) is 6.54 Å². The van der Waals surface area contributed by atoms with Crippen molar-refractivity contribution in [2.75, 3.05) is 11.9 Å². The van der Waals surface area contributed by atoms with E-state index >= 15 is 0 Å². The summed E-state index contributed by atoms with van der Waals surface area (Å²) in [6, 6.07) is 1.50.